The van der Waals surface area contributed by atoms with Crippen LogP contribution in [-0.4, -0.2) is 29.5 Å². The molecule has 70 valence electrons. The average molecular weight is 188 g/mol. The molecule has 4 heteroatoms. The van der Waals surface area contributed by atoms with Crippen molar-refractivity contribution >= 4 is 17.7 Å². The van der Waals surface area contributed by atoms with Crippen LogP contribution in [0.25, 0.3) is 0 Å². The van der Waals surface area contributed by atoms with Crippen molar-refractivity contribution in [2.45, 2.75) is 31.1 Å². The molecule has 0 aliphatic carbocycles. The molecule has 1 aliphatic rings. The Morgan fingerprint density at radius 1 is 1.83 bits per heavy atom. The molecule has 2 atom stereocenters. The highest BCUT2D eigenvalue weighted by Crippen LogP contribution is 2.25. The maximum Gasteiger partial charge on any atom is 0.236 e. The highest BCUT2D eigenvalue weighted by molar-refractivity contribution is 8.00. The smallest absolute Gasteiger partial charge is 0.236 e. The minimum Gasteiger partial charge on any atom is -0.354 e. The highest BCUT2D eigenvalue weighted by Gasteiger charge is 2.16. The van der Waals surface area contributed by atoms with Gasteiger partial charge in [-0.25, -0.2) is 0 Å². The van der Waals surface area contributed by atoms with E-state index in [0.29, 0.717) is 5.25 Å². The van der Waals surface area contributed by atoms with Crippen LogP contribution in [0.1, 0.15) is 19.8 Å². The summed E-state index contributed by atoms with van der Waals surface area (Å²) in [5.41, 5.74) is 5.40. The Morgan fingerprint density at radius 3 is 3.08 bits per heavy atom. The van der Waals surface area contributed by atoms with Gasteiger partial charge in [-0.2, -0.15) is 11.8 Å². The van der Waals surface area contributed by atoms with Crippen molar-refractivity contribution in [2.75, 3.05) is 12.3 Å². The van der Waals surface area contributed by atoms with E-state index in [-0.39, 0.29) is 11.9 Å². The number of amides is 1. The van der Waals surface area contributed by atoms with E-state index in [0.717, 1.165) is 6.54 Å². The third kappa shape index (κ3) is 3.03. The summed E-state index contributed by atoms with van der Waals surface area (Å²) in [7, 11) is 0. The lowest BCUT2D eigenvalue weighted by molar-refractivity contribution is -0.121. The van der Waals surface area contributed by atoms with Gasteiger partial charge in [0.15, 0.2) is 0 Å². The number of thioether (sulfide) groups is 1. The molecule has 2 unspecified atom stereocenters. The van der Waals surface area contributed by atoms with Crippen LogP contribution in [0.4, 0.5) is 0 Å². The molecule has 0 spiro atoms. The van der Waals surface area contributed by atoms with Crippen LogP contribution in [0.15, 0.2) is 0 Å². The fourth-order valence-corrected chi connectivity index (χ4v) is 2.38. The number of hydrogen-bond acceptors (Lipinski definition) is 3. The third-order valence-electron chi connectivity index (χ3n) is 1.94. The molecule has 3 N–H and O–H groups in total. The Kier molecular flexibility index (Phi) is 3.88. The Bertz CT molecular complexity index is 155. The fourth-order valence-electron chi connectivity index (χ4n) is 1.18. The predicted molar refractivity (Wildman–Crippen MR) is 52.1 cm³/mol. The van der Waals surface area contributed by atoms with Gasteiger partial charge in [-0.05, 0) is 25.5 Å². The SMILES string of the molecule is CC(N)C(=O)NCC1CCCS1. The molecule has 1 rings (SSSR count). The minimum atomic E-state index is -0.378. The summed E-state index contributed by atoms with van der Waals surface area (Å²) in [5.74, 6) is 1.20. The van der Waals surface area contributed by atoms with Crippen LogP contribution in [0.5, 0.6) is 0 Å². The maximum atomic E-state index is 11.1. The van der Waals surface area contributed by atoms with Gasteiger partial charge in [0.05, 0.1) is 6.04 Å². The summed E-state index contributed by atoms with van der Waals surface area (Å²) in [6.07, 6.45) is 2.51. The maximum absolute atomic E-state index is 11.1. The standard InChI is InChI=1S/C8H16N2OS/c1-6(9)8(11)10-5-7-3-2-4-12-7/h6-7H,2-5,9H2,1H3,(H,10,11). The number of rotatable bonds is 3. The van der Waals surface area contributed by atoms with Crippen molar-refractivity contribution in [2.24, 2.45) is 5.73 Å². The molecule has 3 nitrogen and oxygen atoms in total. The minimum absolute atomic E-state index is 0.0394. The summed E-state index contributed by atoms with van der Waals surface area (Å²) in [4.78, 5) is 11.1. The first-order valence-corrected chi connectivity index (χ1v) is 5.40. The fraction of sp³-hybridized carbons (Fsp3) is 0.875. The lowest BCUT2D eigenvalue weighted by Gasteiger charge is -2.11. The van der Waals surface area contributed by atoms with Crippen LogP contribution in [-0.2, 0) is 4.79 Å². The molecule has 12 heavy (non-hydrogen) atoms. The first kappa shape index (κ1) is 9.86. The number of nitrogens with two attached hydrogens (primary N) is 1. The van der Waals surface area contributed by atoms with Crippen molar-refractivity contribution in [3.05, 3.63) is 0 Å². The largest absolute Gasteiger partial charge is 0.354 e. The van der Waals surface area contributed by atoms with Crippen molar-refractivity contribution < 1.29 is 4.79 Å². The monoisotopic (exact) mass is 188 g/mol. The third-order valence-corrected chi connectivity index (χ3v) is 3.34. The van der Waals surface area contributed by atoms with Crippen molar-refractivity contribution in [1.29, 1.82) is 0 Å². The van der Waals surface area contributed by atoms with Crippen molar-refractivity contribution in [1.82, 2.24) is 5.32 Å². The molecular formula is C8H16N2OS. The molecule has 1 heterocycles. The van der Waals surface area contributed by atoms with E-state index in [1.54, 1.807) is 6.92 Å². The van der Waals surface area contributed by atoms with Crippen LogP contribution in [0.2, 0.25) is 0 Å². The summed E-state index contributed by atoms with van der Waals surface area (Å²) in [5, 5.41) is 3.46. The van der Waals surface area contributed by atoms with Gasteiger partial charge in [0.2, 0.25) is 5.91 Å². The van der Waals surface area contributed by atoms with E-state index in [4.69, 9.17) is 5.73 Å². The zero-order valence-electron chi connectivity index (χ0n) is 7.38. The van der Waals surface area contributed by atoms with E-state index < -0.39 is 0 Å². The second-order valence-corrected chi connectivity index (χ2v) is 4.58. The molecule has 1 fully saturated rings. The van der Waals surface area contributed by atoms with Gasteiger partial charge in [0.25, 0.3) is 0 Å². The van der Waals surface area contributed by atoms with Gasteiger partial charge in [0.1, 0.15) is 0 Å². The first-order chi connectivity index (χ1) is 5.70. The molecule has 1 amide bonds. The summed E-state index contributed by atoms with van der Waals surface area (Å²) in [6, 6.07) is -0.378. The summed E-state index contributed by atoms with van der Waals surface area (Å²) in [6.45, 7) is 2.49. The Labute approximate surface area is 77.5 Å². The number of carbonyl (C=O) groups is 1. The van der Waals surface area contributed by atoms with Gasteiger partial charge >= 0.3 is 0 Å². The van der Waals surface area contributed by atoms with E-state index in [9.17, 15) is 4.79 Å². The second kappa shape index (κ2) is 4.72. The van der Waals surface area contributed by atoms with Gasteiger partial charge in [-0.1, -0.05) is 0 Å². The highest BCUT2D eigenvalue weighted by atomic mass is 32.2. The zero-order valence-corrected chi connectivity index (χ0v) is 8.19. The van der Waals surface area contributed by atoms with Gasteiger partial charge in [0, 0.05) is 11.8 Å². The molecule has 0 aromatic heterocycles. The molecular weight excluding hydrogens is 172 g/mol. The zero-order chi connectivity index (χ0) is 8.97. The molecule has 0 bridgehead atoms. The molecule has 0 radical (unpaired) electrons. The van der Waals surface area contributed by atoms with E-state index in [2.05, 4.69) is 5.32 Å². The Hall–Kier alpha value is -0.220. The lowest BCUT2D eigenvalue weighted by atomic mass is 10.2. The summed E-state index contributed by atoms with van der Waals surface area (Å²) < 4.78 is 0. The van der Waals surface area contributed by atoms with Crippen molar-refractivity contribution in [3.8, 4) is 0 Å². The van der Waals surface area contributed by atoms with Crippen LogP contribution in [0, 0.1) is 0 Å². The lowest BCUT2D eigenvalue weighted by Crippen LogP contribution is -2.40. The molecule has 0 aromatic carbocycles. The molecule has 1 aliphatic heterocycles. The van der Waals surface area contributed by atoms with E-state index >= 15 is 0 Å². The molecule has 1 saturated heterocycles. The van der Waals surface area contributed by atoms with Crippen LogP contribution in [0.3, 0.4) is 0 Å². The van der Waals surface area contributed by atoms with E-state index in [1.165, 1.54) is 18.6 Å². The summed E-state index contributed by atoms with van der Waals surface area (Å²) >= 11 is 1.94. The molecule has 0 saturated carbocycles. The number of carbonyl (C=O) groups excluding carboxylic acids is 1. The topological polar surface area (TPSA) is 55.1 Å². The number of nitrogens with one attached hydrogen (secondary N) is 1. The van der Waals surface area contributed by atoms with Gasteiger partial charge < -0.3 is 11.1 Å². The van der Waals surface area contributed by atoms with E-state index in [1.807, 2.05) is 11.8 Å². The van der Waals surface area contributed by atoms with Gasteiger partial charge in [-0.3, -0.25) is 4.79 Å². The van der Waals surface area contributed by atoms with Crippen LogP contribution < -0.4 is 11.1 Å². The average Bonchev–Trinajstić information content (AvgIpc) is 2.51. The predicted octanol–water partition coefficient (Wildman–Crippen LogP) is 0.345. The van der Waals surface area contributed by atoms with Crippen molar-refractivity contribution in [3.63, 3.8) is 0 Å². The Morgan fingerprint density at radius 2 is 2.58 bits per heavy atom. The normalized spacial score (nSPS) is 25.3. The Balaban J connectivity index is 2.12. The second-order valence-electron chi connectivity index (χ2n) is 3.17. The molecule has 0 aromatic rings. The van der Waals surface area contributed by atoms with Gasteiger partial charge in [-0.15, -0.1) is 0 Å². The van der Waals surface area contributed by atoms with Crippen LogP contribution >= 0.6 is 11.8 Å². The first-order valence-electron chi connectivity index (χ1n) is 4.35. The number of hydrogen-bond donors (Lipinski definition) is 2. The quantitative estimate of drug-likeness (QED) is 0.672.